The molecule has 0 radical (unpaired) electrons. The summed E-state index contributed by atoms with van der Waals surface area (Å²) in [5, 5.41) is 13.0. The van der Waals surface area contributed by atoms with Crippen molar-refractivity contribution in [1.82, 2.24) is 10.2 Å². The zero-order valence-electron chi connectivity index (χ0n) is 23.2. The lowest BCUT2D eigenvalue weighted by Crippen LogP contribution is -2.60. The number of benzene rings is 2. The monoisotopic (exact) mass is 567 g/mol. The predicted molar refractivity (Wildman–Crippen MR) is 150 cm³/mol. The van der Waals surface area contributed by atoms with E-state index < -0.39 is 17.5 Å². The van der Waals surface area contributed by atoms with E-state index in [4.69, 9.17) is 35.8 Å². The van der Waals surface area contributed by atoms with Crippen molar-refractivity contribution in [3.63, 3.8) is 0 Å². The summed E-state index contributed by atoms with van der Waals surface area (Å²) in [4.78, 5) is 16.3. The molecule has 2 aliphatic heterocycles. The average molecular weight is 568 g/mol. The zero-order valence-corrected chi connectivity index (χ0v) is 24.0. The fourth-order valence-electron chi connectivity index (χ4n) is 5.93. The Balaban J connectivity index is 1.36. The number of fused-ring (bicyclic) bond motifs is 1. The van der Waals surface area contributed by atoms with E-state index in [1.54, 1.807) is 12.1 Å². The van der Waals surface area contributed by atoms with Crippen LogP contribution in [0.1, 0.15) is 56.2 Å². The van der Waals surface area contributed by atoms with E-state index in [9.17, 15) is 4.79 Å². The molecule has 2 heterocycles. The van der Waals surface area contributed by atoms with Crippen LogP contribution in [0.15, 0.2) is 48.5 Å². The number of hydrogen-bond acceptors (Lipinski definition) is 7. The molecule has 2 aromatic rings. The third-order valence-corrected chi connectivity index (χ3v) is 8.16. The largest absolute Gasteiger partial charge is 0.371 e. The van der Waals surface area contributed by atoms with Crippen LogP contribution < -0.4 is 5.32 Å². The van der Waals surface area contributed by atoms with E-state index in [0.717, 1.165) is 30.8 Å². The first kappa shape index (κ1) is 29.0. The summed E-state index contributed by atoms with van der Waals surface area (Å²) in [6.07, 6.45) is 1.92. The van der Waals surface area contributed by atoms with Crippen LogP contribution in [0.2, 0.25) is 5.02 Å². The number of halogens is 1. The topological polar surface area (TPSA) is 93.0 Å². The summed E-state index contributed by atoms with van der Waals surface area (Å²) in [5.41, 5.74) is 1.22. The minimum Gasteiger partial charge on any atom is -0.371 e. The lowest BCUT2D eigenvalue weighted by Gasteiger charge is -2.43. The predicted octanol–water partition coefficient (Wildman–Crippen LogP) is 4.58. The van der Waals surface area contributed by atoms with Crippen molar-refractivity contribution in [2.45, 2.75) is 82.4 Å². The van der Waals surface area contributed by atoms with Crippen LogP contribution in [0.25, 0.3) is 0 Å². The molecule has 3 fully saturated rings. The lowest BCUT2D eigenvalue weighted by atomic mass is 9.78. The molecule has 1 saturated carbocycles. The number of rotatable bonds is 10. The molecule has 1 unspecified atom stereocenters. The van der Waals surface area contributed by atoms with Gasteiger partial charge in [-0.1, -0.05) is 35.9 Å². The van der Waals surface area contributed by atoms with Crippen molar-refractivity contribution < 1.29 is 23.7 Å². The Morgan fingerprint density at radius 3 is 2.60 bits per heavy atom. The molecule has 4 atom stereocenters. The summed E-state index contributed by atoms with van der Waals surface area (Å²) in [7, 11) is 0. The Morgan fingerprint density at radius 1 is 1.10 bits per heavy atom. The molecule has 2 saturated heterocycles. The highest BCUT2D eigenvalue weighted by molar-refractivity contribution is 6.30. The molecule has 0 bridgehead atoms. The van der Waals surface area contributed by atoms with Gasteiger partial charge in [-0.2, -0.15) is 5.26 Å². The van der Waals surface area contributed by atoms with Crippen LogP contribution in [0.3, 0.4) is 0 Å². The summed E-state index contributed by atoms with van der Waals surface area (Å²) in [6, 6.07) is 16.9. The van der Waals surface area contributed by atoms with Gasteiger partial charge in [0.2, 0.25) is 0 Å². The fraction of sp³-hybridized carbons (Fsp3) is 0.548. The van der Waals surface area contributed by atoms with Crippen molar-refractivity contribution in [2.75, 3.05) is 26.2 Å². The van der Waals surface area contributed by atoms with Crippen molar-refractivity contribution in [3.8, 4) is 6.07 Å². The molecule has 8 nitrogen and oxygen atoms in total. The van der Waals surface area contributed by atoms with Gasteiger partial charge in [0, 0.05) is 31.0 Å². The van der Waals surface area contributed by atoms with Crippen molar-refractivity contribution >= 4 is 17.5 Å². The minimum absolute atomic E-state index is 0.163. The Bertz CT molecular complexity index is 1210. The number of likely N-dealkylation sites (tertiary alicyclic amines) is 1. The Hall–Kier alpha value is -2.51. The third-order valence-electron chi connectivity index (χ3n) is 7.93. The molecule has 0 spiro atoms. The van der Waals surface area contributed by atoms with Crippen LogP contribution in [-0.2, 0) is 37.0 Å². The van der Waals surface area contributed by atoms with Gasteiger partial charge in [0.1, 0.15) is 6.10 Å². The molecule has 3 aliphatic rings. The van der Waals surface area contributed by atoms with Gasteiger partial charge in [-0.3, -0.25) is 4.79 Å². The second-order valence-corrected chi connectivity index (χ2v) is 11.9. The van der Waals surface area contributed by atoms with Gasteiger partial charge in [0.25, 0.3) is 5.91 Å². The first-order valence-corrected chi connectivity index (χ1v) is 14.5. The summed E-state index contributed by atoms with van der Waals surface area (Å²) >= 11 is 6.20. The van der Waals surface area contributed by atoms with Crippen molar-refractivity contribution in [1.29, 1.82) is 5.26 Å². The molecule has 1 aliphatic carbocycles. The van der Waals surface area contributed by atoms with E-state index in [-0.39, 0.29) is 24.7 Å². The molecule has 1 N–H and O–H groups in total. The minimum atomic E-state index is -1.18. The number of hydrogen-bond donors (Lipinski definition) is 1. The molecular formula is C31H38ClN3O5. The quantitative estimate of drug-likeness (QED) is 0.449. The molecule has 40 heavy (non-hydrogen) atoms. The molecule has 214 valence electrons. The van der Waals surface area contributed by atoms with Gasteiger partial charge in [0.05, 0.1) is 37.1 Å². The number of nitrogens with one attached hydrogen (secondary N) is 1. The van der Waals surface area contributed by atoms with Gasteiger partial charge in [-0.15, -0.1) is 0 Å². The highest BCUT2D eigenvalue weighted by Crippen LogP contribution is 2.44. The lowest BCUT2D eigenvalue weighted by molar-refractivity contribution is -0.183. The van der Waals surface area contributed by atoms with Crippen molar-refractivity contribution in [3.05, 3.63) is 70.2 Å². The summed E-state index contributed by atoms with van der Waals surface area (Å²) < 4.78 is 25.6. The number of carbonyl (C=O) groups excluding carboxylic acids is 1. The van der Waals surface area contributed by atoms with Crippen molar-refractivity contribution in [2.24, 2.45) is 0 Å². The van der Waals surface area contributed by atoms with Crippen LogP contribution in [0, 0.1) is 11.3 Å². The summed E-state index contributed by atoms with van der Waals surface area (Å²) in [5.74, 6) is -0.967. The number of nitrogens with zero attached hydrogens (tertiary/aromatic N) is 2. The van der Waals surface area contributed by atoms with Crippen LogP contribution in [0.4, 0.5) is 0 Å². The average Bonchev–Trinajstić information content (AvgIpc) is 3.57. The Morgan fingerprint density at radius 2 is 1.88 bits per heavy atom. The van der Waals surface area contributed by atoms with E-state index in [1.807, 2.05) is 50.2 Å². The van der Waals surface area contributed by atoms with Crippen LogP contribution in [-0.4, -0.2) is 66.7 Å². The number of amides is 1. The highest BCUT2D eigenvalue weighted by Gasteiger charge is 2.58. The Labute approximate surface area is 241 Å². The van der Waals surface area contributed by atoms with E-state index >= 15 is 0 Å². The Kier molecular flexibility index (Phi) is 9.11. The van der Waals surface area contributed by atoms with Gasteiger partial charge in [0.15, 0.2) is 11.4 Å². The van der Waals surface area contributed by atoms with E-state index in [2.05, 4.69) is 16.3 Å². The molecule has 2 aromatic carbocycles. The number of ether oxygens (including phenoxy) is 4. The fourth-order valence-corrected chi connectivity index (χ4v) is 6.14. The first-order valence-electron chi connectivity index (χ1n) is 14.1. The van der Waals surface area contributed by atoms with E-state index in [1.165, 1.54) is 12.8 Å². The normalized spacial score (nSPS) is 27.7. The van der Waals surface area contributed by atoms with Gasteiger partial charge in [-0.05, 0) is 75.2 Å². The second kappa shape index (κ2) is 12.6. The zero-order chi connectivity index (χ0) is 28.2. The van der Waals surface area contributed by atoms with Gasteiger partial charge < -0.3 is 29.2 Å². The summed E-state index contributed by atoms with van der Waals surface area (Å²) in [6.45, 7) is 7.80. The highest BCUT2D eigenvalue weighted by atomic mass is 35.5. The maximum Gasteiger partial charge on any atom is 0.252 e. The van der Waals surface area contributed by atoms with E-state index in [0.29, 0.717) is 36.6 Å². The first-order chi connectivity index (χ1) is 19.2. The SMILES string of the molecule is CC1(C)O[C@@H]2C[C@@](OCc3ccc(C#N)cc3)(C(=O)NCCN3CCCC3)CC(OCc3cccc(Cl)c3)[C@@H]2O1. The van der Waals surface area contributed by atoms with Crippen LogP contribution in [0.5, 0.6) is 0 Å². The molecule has 0 aromatic heterocycles. The maximum absolute atomic E-state index is 14.0. The van der Waals surface area contributed by atoms with Gasteiger partial charge in [-0.25, -0.2) is 0 Å². The number of carbonyl (C=O) groups is 1. The molecule has 1 amide bonds. The smallest absolute Gasteiger partial charge is 0.252 e. The second-order valence-electron chi connectivity index (χ2n) is 11.4. The maximum atomic E-state index is 14.0. The standard InChI is InChI=1S/C31H38ClN3O5/c1-30(2)39-27-18-31(29(36)34-12-15-35-13-3-4-14-35,38-21-23-10-8-22(19-33)9-11-23)17-26(28(27)40-30)37-20-24-6-5-7-25(32)16-24/h5-11,16,26-28H,3-4,12-15,17-18,20-21H2,1-2H3,(H,34,36)/t26?,27-,28+,31-/m1/s1. The molecule has 5 rings (SSSR count). The third kappa shape index (κ3) is 7.03. The molecule has 9 heteroatoms. The van der Waals surface area contributed by atoms with Crippen LogP contribution >= 0.6 is 11.6 Å². The molecular weight excluding hydrogens is 530 g/mol. The van der Waals surface area contributed by atoms with Gasteiger partial charge >= 0.3 is 0 Å². The number of nitriles is 1.